The Morgan fingerprint density at radius 2 is 2.00 bits per heavy atom. The molecule has 1 aliphatic rings. The van der Waals surface area contributed by atoms with Crippen molar-refractivity contribution in [1.82, 2.24) is 20.6 Å². The number of carbonyl (C=O) groups is 2. The van der Waals surface area contributed by atoms with Gasteiger partial charge in [-0.2, -0.15) is 0 Å². The number of carbonyl (C=O) groups excluding carboxylic acids is 2. The Hall–Kier alpha value is -3.15. The number of pyridine rings is 1. The molecule has 0 aliphatic heterocycles. The lowest BCUT2D eigenvalue weighted by molar-refractivity contribution is 0.0949. The van der Waals surface area contributed by atoms with Gasteiger partial charge in [0, 0.05) is 47.9 Å². The summed E-state index contributed by atoms with van der Waals surface area (Å²) in [7, 11) is 1.56. The molecule has 27 heavy (non-hydrogen) atoms. The number of hydrogen-bond donors (Lipinski definition) is 3. The lowest BCUT2D eigenvalue weighted by Gasteiger charge is -2.09. The maximum atomic E-state index is 12.6. The van der Waals surface area contributed by atoms with E-state index in [9.17, 15) is 9.59 Å². The molecule has 0 unspecified atom stereocenters. The van der Waals surface area contributed by atoms with Crippen molar-refractivity contribution in [2.45, 2.75) is 25.8 Å². The smallest absolute Gasteiger partial charge is 0.269 e. The highest BCUT2D eigenvalue weighted by molar-refractivity contribution is 5.99. The third-order valence-electron chi connectivity index (χ3n) is 5.07. The van der Waals surface area contributed by atoms with E-state index >= 15 is 0 Å². The zero-order valence-corrected chi connectivity index (χ0v) is 15.4. The van der Waals surface area contributed by atoms with Gasteiger partial charge in [-0.25, -0.2) is 4.98 Å². The van der Waals surface area contributed by atoms with Gasteiger partial charge < -0.3 is 15.6 Å². The molecule has 2 amide bonds. The van der Waals surface area contributed by atoms with Crippen LogP contribution in [0.25, 0.3) is 10.9 Å². The van der Waals surface area contributed by atoms with Gasteiger partial charge >= 0.3 is 0 Å². The van der Waals surface area contributed by atoms with Crippen LogP contribution in [0.15, 0.2) is 42.6 Å². The standard InChI is InChI=1S/C21H22N4O2/c1-12-7-18(12)25-20(26)13-8-15(24-19(10-13)21(27)22-2)9-14-11-23-17-6-4-3-5-16(14)17/h3-6,8,10-12,18,23H,7,9H2,1-2H3,(H,22,27)(H,25,26)/t12-,18-/m0/s1. The molecule has 1 aliphatic carbocycles. The molecule has 4 rings (SSSR count). The van der Waals surface area contributed by atoms with Gasteiger partial charge in [-0.15, -0.1) is 0 Å². The second kappa shape index (κ2) is 6.87. The first-order valence-corrected chi connectivity index (χ1v) is 9.14. The molecule has 6 nitrogen and oxygen atoms in total. The quantitative estimate of drug-likeness (QED) is 0.652. The molecule has 3 aromatic rings. The summed E-state index contributed by atoms with van der Waals surface area (Å²) in [5.41, 5.74) is 3.54. The number of hydrogen-bond acceptors (Lipinski definition) is 3. The summed E-state index contributed by atoms with van der Waals surface area (Å²) in [6, 6.07) is 11.6. The molecule has 0 bridgehead atoms. The molecule has 1 aromatic carbocycles. The fourth-order valence-electron chi connectivity index (χ4n) is 3.30. The summed E-state index contributed by atoms with van der Waals surface area (Å²) < 4.78 is 0. The lowest BCUT2D eigenvalue weighted by Crippen LogP contribution is -2.28. The molecule has 2 atom stereocenters. The number of rotatable bonds is 5. The lowest BCUT2D eigenvalue weighted by atomic mass is 10.1. The molecule has 0 spiro atoms. The number of aromatic amines is 1. The molecule has 1 fully saturated rings. The van der Waals surface area contributed by atoms with Crippen LogP contribution in [-0.4, -0.2) is 34.9 Å². The minimum atomic E-state index is -0.301. The van der Waals surface area contributed by atoms with Crippen LogP contribution in [0.5, 0.6) is 0 Å². The number of nitrogens with one attached hydrogen (secondary N) is 3. The van der Waals surface area contributed by atoms with Gasteiger partial charge in [0.05, 0.1) is 0 Å². The van der Waals surface area contributed by atoms with Crippen LogP contribution in [0.4, 0.5) is 0 Å². The van der Waals surface area contributed by atoms with E-state index in [2.05, 4.69) is 27.5 Å². The van der Waals surface area contributed by atoms with Crippen LogP contribution in [0.3, 0.4) is 0 Å². The van der Waals surface area contributed by atoms with E-state index in [0.29, 0.717) is 23.6 Å². The summed E-state index contributed by atoms with van der Waals surface area (Å²) in [5, 5.41) is 6.71. The van der Waals surface area contributed by atoms with Gasteiger partial charge in [0.2, 0.25) is 0 Å². The van der Waals surface area contributed by atoms with E-state index in [1.165, 1.54) is 0 Å². The van der Waals surface area contributed by atoms with Crippen LogP contribution in [0.2, 0.25) is 0 Å². The first-order valence-electron chi connectivity index (χ1n) is 9.14. The Morgan fingerprint density at radius 3 is 2.74 bits per heavy atom. The Balaban J connectivity index is 1.67. The van der Waals surface area contributed by atoms with Gasteiger partial charge in [0.1, 0.15) is 5.69 Å². The van der Waals surface area contributed by atoms with Crippen LogP contribution < -0.4 is 10.6 Å². The number of amides is 2. The van der Waals surface area contributed by atoms with Gasteiger partial charge in [-0.05, 0) is 36.1 Å². The number of benzene rings is 1. The minimum Gasteiger partial charge on any atom is -0.361 e. The number of aromatic nitrogens is 2. The Kier molecular flexibility index (Phi) is 4.39. The Labute approximate surface area is 157 Å². The van der Waals surface area contributed by atoms with Gasteiger partial charge in [0.25, 0.3) is 11.8 Å². The number of para-hydroxylation sites is 1. The van der Waals surface area contributed by atoms with Crippen LogP contribution >= 0.6 is 0 Å². The zero-order valence-electron chi connectivity index (χ0n) is 15.4. The van der Waals surface area contributed by atoms with Crippen molar-refractivity contribution >= 4 is 22.7 Å². The van der Waals surface area contributed by atoms with Crippen molar-refractivity contribution in [3.05, 3.63) is 65.1 Å². The van der Waals surface area contributed by atoms with E-state index in [1.54, 1.807) is 19.2 Å². The molecule has 6 heteroatoms. The second-order valence-electron chi connectivity index (χ2n) is 7.14. The van der Waals surface area contributed by atoms with E-state index in [1.807, 2.05) is 30.5 Å². The van der Waals surface area contributed by atoms with E-state index in [-0.39, 0.29) is 23.6 Å². The third kappa shape index (κ3) is 3.56. The highest BCUT2D eigenvalue weighted by atomic mass is 16.2. The van der Waals surface area contributed by atoms with E-state index in [0.717, 1.165) is 22.9 Å². The number of fused-ring (bicyclic) bond motifs is 1. The van der Waals surface area contributed by atoms with Crippen LogP contribution in [0, 0.1) is 5.92 Å². The van der Waals surface area contributed by atoms with Crippen molar-refractivity contribution in [2.75, 3.05) is 7.05 Å². The fourth-order valence-corrected chi connectivity index (χ4v) is 3.30. The minimum absolute atomic E-state index is 0.155. The third-order valence-corrected chi connectivity index (χ3v) is 5.07. The van der Waals surface area contributed by atoms with Gasteiger partial charge in [0.15, 0.2) is 0 Å². The first-order chi connectivity index (χ1) is 13.0. The largest absolute Gasteiger partial charge is 0.361 e. The van der Waals surface area contributed by atoms with Crippen LogP contribution in [-0.2, 0) is 6.42 Å². The van der Waals surface area contributed by atoms with Crippen molar-refractivity contribution in [3.8, 4) is 0 Å². The first kappa shape index (κ1) is 17.3. The maximum Gasteiger partial charge on any atom is 0.269 e. The SMILES string of the molecule is CNC(=O)c1cc(C(=O)N[C@H]2C[C@@H]2C)cc(Cc2c[nH]c3ccccc23)n1. The normalized spacial score (nSPS) is 18.3. The molecular weight excluding hydrogens is 340 g/mol. The van der Waals surface area contributed by atoms with Gasteiger partial charge in [-0.1, -0.05) is 25.1 Å². The highest BCUT2D eigenvalue weighted by Crippen LogP contribution is 2.29. The molecule has 0 saturated heterocycles. The van der Waals surface area contributed by atoms with Crippen molar-refractivity contribution in [1.29, 1.82) is 0 Å². The monoisotopic (exact) mass is 362 g/mol. The van der Waals surface area contributed by atoms with Crippen molar-refractivity contribution in [2.24, 2.45) is 5.92 Å². The molecule has 1 saturated carbocycles. The molecule has 2 heterocycles. The Bertz CT molecular complexity index is 1020. The second-order valence-corrected chi connectivity index (χ2v) is 7.14. The summed E-state index contributed by atoms with van der Waals surface area (Å²) in [4.78, 5) is 32.4. The predicted octanol–water partition coefficient (Wildman–Crippen LogP) is 2.65. The summed E-state index contributed by atoms with van der Waals surface area (Å²) >= 11 is 0. The average Bonchev–Trinajstić information content (AvgIpc) is 3.22. The number of nitrogens with zero attached hydrogens (tertiary/aromatic N) is 1. The molecule has 2 aromatic heterocycles. The summed E-state index contributed by atoms with van der Waals surface area (Å²) in [6.07, 6.45) is 3.49. The van der Waals surface area contributed by atoms with Crippen LogP contribution in [0.1, 0.15) is 45.4 Å². The molecule has 138 valence electrons. The molecule has 0 radical (unpaired) electrons. The molecule has 3 N–H and O–H groups in total. The van der Waals surface area contributed by atoms with E-state index < -0.39 is 0 Å². The Morgan fingerprint density at radius 1 is 1.22 bits per heavy atom. The van der Waals surface area contributed by atoms with Gasteiger partial charge in [-0.3, -0.25) is 9.59 Å². The maximum absolute atomic E-state index is 12.6. The summed E-state index contributed by atoms with van der Waals surface area (Å²) in [6.45, 7) is 2.11. The fraction of sp³-hybridized carbons (Fsp3) is 0.286. The van der Waals surface area contributed by atoms with Crippen molar-refractivity contribution in [3.63, 3.8) is 0 Å². The predicted molar refractivity (Wildman–Crippen MR) is 104 cm³/mol. The number of H-pyrrole nitrogens is 1. The average molecular weight is 362 g/mol. The molecular formula is C21H22N4O2. The highest BCUT2D eigenvalue weighted by Gasteiger charge is 2.34. The van der Waals surface area contributed by atoms with Crippen molar-refractivity contribution < 1.29 is 9.59 Å². The van der Waals surface area contributed by atoms with E-state index in [4.69, 9.17) is 0 Å². The topological polar surface area (TPSA) is 86.9 Å². The zero-order chi connectivity index (χ0) is 19.0. The summed E-state index contributed by atoms with van der Waals surface area (Å²) in [5.74, 6) is 0.0570.